The third kappa shape index (κ3) is 5.10. The van der Waals surface area contributed by atoms with Gasteiger partial charge in [0.05, 0.1) is 5.56 Å². The molecule has 1 aliphatic rings. The topological polar surface area (TPSA) is 63.6 Å². The van der Waals surface area contributed by atoms with Crippen molar-refractivity contribution >= 4 is 23.4 Å². The van der Waals surface area contributed by atoms with Gasteiger partial charge in [0, 0.05) is 5.02 Å². The maximum absolute atomic E-state index is 11.7. The first-order valence-electron chi connectivity index (χ1n) is 7.85. The van der Waals surface area contributed by atoms with Gasteiger partial charge >= 0.3 is 5.97 Å². The average Bonchev–Trinajstić information content (AvgIpc) is 2.53. The van der Waals surface area contributed by atoms with Gasteiger partial charge in [-0.15, -0.1) is 0 Å². The zero-order valence-electron chi connectivity index (χ0n) is 13.2. The molecule has 0 radical (unpaired) electrons. The van der Waals surface area contributed by atoms with Gasteiger partial charge in [0.25, 0.3) is 0 Å². The molecule has 1 aromatic rings. The summed E-state index contributed by atoms with van der Waals surface area (Å²) in [7, 11) is 0. The van der Waals surface area contributed by atoms with E-state index < -0.39 is 12.1 Å². The van der Waals surface area contributed by atoms with E-state index in [0.717, 1.165) is 19.3 Å². The molecule has 0 saturated carbocycles. The normalized spacial score (nSPS) is 15.7. The van der Waals surface area contributed by atoms with Crippen molar-refractivity contribution in [2.24, 2.45) is 0 Å². The fourth-order valence-electron chi connectivity index (χ4n) is 2.71. The number of ether oxygens (including phenoxy) is 1. The van der Waals surface area contributed by atoms with Crippen LogP contribution in [0.2, 0.25) is 5.02 Å². The van der Waals surface area contributed by atoms with Gasteiger partial charge in [-0.1, -0.05) is 23.3 Å². The number of carbonyl (C=O) groups is 2. The number of Topliss-reactive ketones (excluding diaryl/α,β-unsaturated/α-hetero) is 1. The predicted octanol–water partition coefficient (Wildman–Crippen LogP) is 4.66. The number of carbonyl (C=O) groups excluding carboxylic acids is 1. The maximum Gasteiger partial charge on any atom is 0.344 e. The Morgan fingerprint density at radius 1 is 1.35 bits per heavy atom. The van der Waals surface area contributed by atoms with Crippen LogP contribution in [0.1, 0.15) is 55.8 Å². The van der Waals surface area contributed by atoms with Crippen LogP contribution in [0.15, 0.2) is 29.8 Å². The van der Waals surface area contributed by atoms with Gasteiger partial charge in [0.15, 0.2) is 11.9 Å². The van der Waals surface area contributed by atoms with E-state index in [1.54, 1.807) is 12.1 Å². The molecule has 1 aliphatic carbocycles. The number of hydrogen-bond acceptors (Lipinski definition) is 3. The molecule has 0 spiro atoms. The van der Waals surface area contributed by atoms with Gasteiger partial charge in [0.1, 0.15) is 5.75 Å². The van der Waals surface area contributed by atoms with Crippen LogP contribution in [0.25, 0.3) is 0 Å². The molecule has 0 saturated heterocycles. The van der Waals surface area contributed by atoms with Crippen molar-refractivity contribution in [1.82, 2.24) is 0 Å². The van der Waals surface area contributed by atoms with E-state index in [-0.39, 0.29) is 11.5 Å². The Kier molecular flexibility index (Phi) is 6.22. The number of carboxylic acids is 1. The highest BCUT2D eigenvalue weighted by molar-refractivity contribution is 6.31. The highest BCUT2D eigenvalue weighted by Gasteiger charge is 2.22. The maximum atomic E-state index is 11.7. The number of ketones is 1. The van der Waals surface area contributed by atoms with E-state index in [1.165, 1.54) is 25.0 Å². The van der Waals surface area contributed by atoms with Gasteiger partial charge in [-0.25, -0.2) is 4.79 Å². The second kappa shape index (κ2) is 8.16. The lowest BCUT2D eigenvalue weighted by Crippen LogP contribution is -2.27. The van der Waals surface area contributed by atoms with Gasteiger partial charge < -0.3 is 9.84 Å². The summed E-state index contributed by atoms with van der Waals surface area (Å²) in [5, 5.41) is 9.81. The number of aliphatic carboxylic acids is 1. The third-order valence-electron chi connectivity index (χ3n) is 3.98. The van der Waals surface area contributed by atoms with E-state index in [9.17, 15) is 14.7 Å². The van der Waals surface area contributed by atoms with Gasteiger partial charge in [-0.3, -0.25) is 4.79 Å². The van der Waals surface area contributed by atoms with Crippen molar-refractivity contribution in [2.45, 2.75) is 51.6 Å². The summed E-state index contributed by atoms with van der Waals surface area (Å²) in [5.41, 5.74) is 1.61. The van der Waals surface area contributed by atoms with Crippen LogP contribution in [0.4, 0.5) is 0 Å². The summed E-state index contributed by atoms with van der Waals surface area (Å²) in [6.07, 6.45) is 6.79. The second-order valence-electron chi connectivity index (χ2n) is 5.79. The van der Waals surface area contributed by atoms with Crippen molar-refractivity contribution in [2.75, 3.05) is 0 Å². The standard InChI is InChI=1S/C18H21ClO4/c1-12(20)15-11-14(19)8-10-16(15)23-17(18(21)22)9-7-13-5-3-2-4-6-13/h5,8,10-11,17H,2-4,6-7,9H2,1H3,(H,21,22). The van der Waals surface area contributed by atoms with Gasteiger partial charge in [-0.05, 0) is 63.6 Å². The Balaban J connectivity index is 2.09. The van der Waals surface area contributed by atoms with Crippen molar-refractivity contribution in [1.29, 1.82) is 0 Å². The molecule has 2 rings (SSSR count). The quantitative estimate of drug-likeness (QED) is 0.581. The van der Waals surface area contributed by atoms with Crippen LogP contribution in [0, 0.1) is 0 Å². The molecule has 0 amide bonds. The molecule has 4 nitrogen and oxygen atoms in total. The predicted molar refractivity (Wildman–Crippen MR) is 89.3 cm³/mol. The van der Waals surface area contributed by atoms with Gasteiger partial charge in [-0.2, -0.15) is 0 Å². The van der Waals surface area contributed by atoms with Crippen molar-refractivity contribution in [3.05, 3.63) is 40.4 Å². The lowest BCUT2D eigenvalue weighted by Gasteiger charge is -2.19. The average molecular weight is 337 g/mol. The minimum Gasteiger partial charge on any atom is -0.479 e. The molecule has 1 unspecified atom stereocenters. The number of halogens is 1. The van der Waals surface area contributed by atoms with E-state index in [2.05, 4.69) is 6.08 Å². The Labute approximate surface area is 141 Å². The first-order chi connectivity index (χ1) is 11.0. The number of hydrogen-bond donors (Lipinski definition) is 1. The first-order valence-corrected chi connectivity index (χ1v) is 8.23. The molecule has 0 fully saturated rings. The van der Waals surface area contributed by atoms with Crippen LogP contribution in [-0.2, 0) is 4.79 Å². The summed E-state index contributed by atoms with van der Waals surface area (Å²) < 4.78 is 5.61. The fourth-order valence-corrected chi connectivity index (χ4v) is 2.89. The van der Waals surface area contributed by atoms with Crippen molar-refractivity contribution in [3.63, 3.8) is 0 Å². The molecule has 23 heavy (non-hydrogen) atoms. The third-order valence-corrected chi connectivity index (χ3v) is 4.21. The zero-order chi connectivity index (χ0) is 16.8. The minimum atomic E-state index is -1.02. The number of carboxylic acid groups (broad SMARTS) is 1. The largest absolute Gasteiger partial charge is 0.479 e. The van der Waals surface area contributed by atoms with E-state index >= 15 is 0 Å². The molecule has 0 bridgehead atoms. The van der Waals surface area contributed by atoms with E-state index in [0.29, 0.717) is 23.4 Å². The minimum absolute atomic E-state index is 0.207. The van der Waals surface area contributed by atoms with Crippen LogP contribution >= 0.6 is 11.6 Å². The first kappa shape index (κ1) is 17.5. The highest BCUT2D eigenvalue weighted by Crippen LogP contribution is 2.27. The molecule has 0 aliphatic heterocycles. The van der Waals surface area contributed by atoms with Crippen LogP contribution < -0.4 is 4.74 Å². The van der Waals surface area contributed by atoms with Crippen LogP contribution in [0.5, 0.6) is 5.75 Å². The summed E-state index contributed by atoms with van der Waals surface area (Å²) >= 11 is 5.89. The summed E-state index contributed by atoms with van der Waals surface area (Å²) in [6, 6.07) is 4.64. The zero-order valence-corrected chi connectivity index (χ0v) is 13.9. The molecule has 5 heteroatoms. The highest BCUT2D eigenvalue weighted by atomic mass is 35.5. The number of allylic oxidation sites excluding steroid dienone is 2. The SMILES string of the molecule is CC(=O)c1cc(Cl)ccc1OC(CCC1=CCCCC1)C(=O)O. The lowest BCUT2D eigenvalue weighted by atomic mass is 9.95. The molecular weight excluding hydrogens is 316 g/mol. The smallest absolute Gasteiger partial charge is 0.344 e. The van der Waals surface area contributed by atoms with Crippen molar-refractivity contribution in [3.8, 4) is 5.75 Å². The summed E-state index contributed by atoms with van der Waals surface area (Å²) in [6.45, 7) is 1.40. The molecule has 0 heterocycles. The fraction of sp³-hybridized carbons (Fsp3) is 0.444. The van der Waals surface area contributed by atoms with Gasteiger partial charge in [0.2, 0.25) is 0 Å². The lowest BCUT2D eigenvalue weighted by molar-refractivity contribution is -0.145. The Morgan fingerprint density at radius 2 is 2.13 bits per heavy atom. The molecular formula is C18H21ClO4. The number of benzene rings is 1. The molecule has 124 valence electrons. The number of rotatable bonds is 7. The summed E-state index contributed by atoms with van der Waals surface area (Å²) in [4.78, 5) is 23.1. The Bertz CT molecular complexity index is 621. The molecule has 0 aromatic heterocycles. The summed E-state index contributed by atoms with van der Waals surface area (Å²) in [5.74, 6) is -0.959. The Morgan fingerprint density at radius 3 is 2.74 bits per heavy atom. The van der Waals surface area contributed by atoms with Crippen LogP contribution in [0.3, 0.4) is 0 Å². The van der Waals surface area contributed by atoms with Crippen LogP contribution in [-0.4, -0.2) is 23.0 Å². The molecule has 1 N–H and O–H groups in total. The Hall–Kier alpha value is -1.81. The molecule has 1 atom stereocenters. The van der Waals surface area contributed by atoms with Crippen molar-refractivity contribution < 1.29 is 19.4 Å². The van der Waals surface area contributed by atoms with E-state index in [1.807, 2.05) is 0 Å². The monoisotopic (exact) mass is 336 g/mol. The second-order valence-corrected chi connectivity index (χ2v) is 6.22. The van der Waals surface area contributed by atoms with E-state index in [4.69, 9.17) is 16.3 Å². The molecule has 1 aromatic carbocycles.